The van der Waals surface area contributed by atoms with E-state index in [1.165, 1.54) is 18.7 Å². The second-order valence-corrected chi connectivity index (χ2v) is 8.40. The van der Waals surface area contributed by atoms with Crippen molar-refractivity contribution in [3.8, 4) is 0 Å². The fourth-order valence-corrected chi connectivity index (χ4v) is 3.01. The summed E-state index contributed by atoms with van der Waals surface area (Å²) in [6.45, 7) is 0. The second-order valence-electron chi connectivity index (χ2n) is 5.98. The minimum absolute atomic E-state index is 0.924. The molecule has 28 heavy (non-hydrogen) atoms. The van der Waals surface area contributed by atoms with Gasteiger partial charge in [0, 0.05) is 6.42 Å². The predicted octanol–water partition coefficient (Wildman–Crippen LogP) is 4.81. The van der Waals surface area contributed by atoms with E-state index >= 15 is 0 Å². The van der Waals surface area contributed by atoms with Gasteiger partial charge >= 0.3 is 41.7 Å². The fourth-order valence-electron chi connectivity index (χ4n) is 1.77. The average molecular weight is 471 g/mol. The predicted molar refractivity (Wildman–Crippen MR) is 67.4 cm³/mol. The molecule has 0 aliphatic heterocycles. The maximum absolute atomic E-state index is 13.4. The Morgan fingerprint density at radius 1 is 0.536 bits per heavy atom. The zero-order chi connectivity index (χ0) is 23.2. The molecule has 0 aliphatic rings. The molecule has 0 saturated heterocycles. The molecule has 0 aromatic rings. The van der Waals surface area contributed by atoms with Crippen LogP contribution in [0.1, 0.15) is 6.42 Å². The molecule has 0 radical (unpaired) electrons. The van der Waals surface area contributed by atoms with Gasteiger partial charge in [0.15, 0.2) is 0 Å². The average Bonchev–Trinajstić information content (AvgIpc) is 2.44. The van der Waals surface area contributed by atoms with Gasteiger partial charge < -0.3 is 4.57 Å². The number of halogens is 15. The molecule has 0 heterocycles. The first-order valence-corrected chi connectivity index (χ1v) is 8.53. The molecular weight excluding hydrogens is 459 g/mol. The molecule has 0 rings (SSSR count). The Hall–Kier alpha value is -0.873. The molecule has 0 amide bonds. The normalized spacial score (nSPS) is 16.5. The minimum Gasteiger partial charge on any atom is -0.334 e. The summed E-state index contributed by atoms with van der Waals surface area (Å²) >= 11 is 0. The van der Waals surface area contributed by atoms with Crippen molar-refractivity contribution in [2.75, 3.05) is 14.1 Å². The van der Waals surface area contributed by atoms with Gasteiger partial charge in [0.1, 0.15) is 0 Å². The van der Waals surface area contributed by atoms with Crippen LogP contribution >= 0.6 is 0 Å². The molecule has 0 saturated carbocycles. The Morgan fingerprint density at radius 3 is 1.18 bits per heavy atom. The summed E-state index contributed by atoms with van der Waals surface area (Å²) in [6, 6.07) is -0.924. The van der Waals surface area contributed by atoms with Crippen molar-refractivity contribution < 1.29 is 65.9 Å². The number of hydrogen-bond donors (Lipinski definition) is 0. The molecule has 1 nitrogen and oxygen atoms in total. The van der Waals surface area contributed by atoms with E-state index < -0.39 is 63.9 Å². The van der Waals surface area contributed by atoms with Crippen molar-refractivity contribution >= 4 is 9.68 Å². The quantitative estimate of drug-likeness (QED) is 0.345. The second kappa shape index (κ2) is 7.43. The SMILES string of the molecule is CN(C)[SiH2]CCC(F)(F)C(F)(F)C(F)(F)C(F)(F)C(F)(F)C(F)(F)C(F)(F)F. The van der Waals surface area contributed by atoms with Crippen LogP contribution in [-0.2, 0) is 0 Å². The monoisotopic (exact) mass is 471 g/mol. The Bertz CT molecular complexity index is 539. The standard InChI is InChI=1S/C11H12F15NSi/c1-27(2)28-4-3-5(12,13)6(14,15)7(16,17)8(18,19)9(20,21)10(22,23)11(24,25)26/h3-4,28H2,1-2H3. The van der Waals surface area contributed by atoms with Crippen molar-refractivity contribution in [2.24, 2.45) is 0 Å². The van der Waals surface area contributed by atoms with Crippen molar-refractivity contribution in [1.29, 1.82) is 0 Å². The van der Waals surface area contributed by atoms with Crippen LogP contribution in [0.5, 0.6) is 0 Å². The van der Waals surface area contributed by atoms with E-state index in [0.29, 0.717) is 0 Å². The summed E-state index contributed by atoms with van der Waals surface area (Å²) in [5.74, 6) is -45.8. The number of nitrogens with zero attached hydrogens (tertiary/aromatic N) is 1. The summed E-state index contributed by atoms with van der Waals surface area (Å²) in [7, 11) is 0.743. The summed E-state index contributed by atoms with van der Waals surface area (Å²) in [6.07, 6.45) is -9.80. The molecule has 0 spiro atoms. The molecule has 17 heteroatoms. The minimum atomic E-state index is -8.20. The van der Waals surface area contributed by atoms with Crippen LogP contribution in [0.3, 0.4) is 0 Å². The summed E-state index contributed by atoms with van der Waals surface area (Å²) in [5, 5.41) is 0. The van der Waals surface area contributed by atoms with Crippen LogP contribution in [0.25, 0.3) is 0 Å². The number of hydrogen-bond acceptors (Lipinski definition) is 1. The van der Waals surface area contributed by atoms with E-state index in [1.54, 1.807) is 0 Å². The number of rotatable bonds is 9. The largest absolute Gasteiger partial charge is 0.460 e. The number of alkyl halides is 15. The van der Waals surface area contributed by atoms with E-state index in [9.17, 15) is 65.9 Å². The van der Waals surface area contributed by atoms with Crippen LogP contribution < -0.4 is 0 Å². The Kier molecular flexibility index (Phi) is 7.20. The van der Waals surface area contributed by atoms with Crippen LogP contribution in [0, 0.1) is 0 Å². The topological polar surface area (TPSA) is 3.24 Å². The third-order valence-electron chi connectivity index (χ3n) is 3.49. The van der Waals surface area contributed by atoms with E-state index in [2.05, 4.69) is 0 Å². The van der Waals surface area contributed by atoms with E-state index in [1.807, 2.05) is 0 Å². The third-order valence-corrected chi connectivity index (χ3v) is 5.05. The molecule has 0 aromatic carbocycles. The zero-order valence-electron chi connectivity index (χ0n) is 13.7. The molecular formula is C11H12F15NSi. The lowest BCUT2D eigenvalue weighted by Crippen LogP contribution is -2.72. The lowest BCUT2D eigenvalue weighted by Gasteiger charge is -2.41. The molecule has 0 fully saturated rings. The summed E-state index contributed by atoms with van der Waals surface area (Å²) in [5.41, 5.74) is 0. The van der Waals surface area contributed by atoms with Gasteiger partial charge in [0.25, 0.3) is 0 Å². The van der Waals surface area contributed by atoms with Crippen LogP contribution in [0.4, 0.5) is 65.9 Å². The van der Waals surface area contributed by atoms with Gasteiger partial charge in [-0.15, -0.1) is 0 Å². The van der Waals surface area contributed by atoms with E-state index in [-0.39, 0.29) is 0 Å². The van der Waals surface area contributed by atoms with Crippen LogP contribution in [0.15, 0.2) is 0 Å². The highest BCUT2D eigenvalue weighted by atomic mass is 28.2. The van der Waals surface area contributed by atoms with Crippen LogP contribution in [-0.4, -0.2) is 70.1 Å². The maximum atomic E-state index is 13.4. The highest BCUT2D eigenvalue weighted by Crippen LogP contribution is 2.62. The Labute approximate surface area is 149 Å². The van der Waals surface area contributed by atoms with Gasteiger partial charge in [-0.25, -0.2) is 0 Å². The van der Waals surface area contributed by atoms with Crippen molar-refractivity contribution in [3.05, 3.63) is 0 Å². The Morgan fingerprint density at radius 2 is 0.857 bits per heavy atom. The molecule has 0 N–H and O–H groups in total. The van der Waals surface area contributed by atoms with Crippen molar-refractivity contribution in [3.63, 3.8) is 0 Å². The summed E-state index contributed by atoms with van der Waals surface area (Å²) < 4.78 is 194. The molecule has 0 atom stereocenters. The first-order valence-electron chi connectivity index (χ1n) is 6.90. The van der Waals surface area contributed by atoms with E-state index in [0.717, 1.165) is 0 Å². The molecule has 0 bridgehead atoms. The van der Waals surface area contributed by atoms with Gasteiger partial charge in [-0.3, -0.25) is 0 Å². The van der Waals surface area contributed by atoms with Gasteiger partial charge in [-0.05, 0) is 20.1 Å². The lowest BCUT2D eigenvalue weighted by molar-refractivity contribution is -0.452. The van der Waals surface area contributed by atoms with Gasteiger partial charge in [0.2, 0.25) is 0 Å². The highest BCUT2D eigenvalue weighted by molar-refractivity contribution is 6.31. The van der Waals surface area contributed by atoms with Gasteiger partial charge in [0.05, 0.1) is 9.68 Å². The first kappa shape index (κ1) is 27.1. The van der Waals surface area contributed by atoms with Crippen molar-refractivity contribution in [1.82, 2.24) is 4.57 Å². The smallest absolute Gasteiger partial charge is 0.334 e. The zero-order valence-corrected chi connectivity index (χ0v) is 15.2. The van der Waals surface area contributed by atoms with Crippen molar-refractivity contribution in [2.45, 2.75) is 54.2 Å². The molecule has 0 unspecified atom stereocenters. The van der Waals surface area contributed by atoms with Gasteiger partial charge in [-0.2, -0.15) is 65.9 Å². The highest BCUT2D eigenvalue weighted by Gasteiger charge is 2.93. The Balaban J connectivity index is 6.17. The molecule has 0 aliphatic carbocycles. The van der Waals surface area contributed by atoms with Gasteiger partial charge in [-0.1, -0.05) is 0 Å². The van der Waals surface area contributed by atoms with E-state index in [4.69, 9.17) is 0 Å². The molecule has 170 valence electrons. The van der Waals surface area contributed by atoms with Crippen LogP contribution in [0.2, 0.25) is 6.04 Å². The fraction of sp³-hybridized carbons (Fsp3) is 1.00. The summed E-state index contributed by atoms with van der Waals surface area (Å²) in [4.78, 5) is 0. The lowest BCUT2D eigenvalue weighted by atomic mass is 9.90. The molecule has 0 aromatic heterocycles. The first-order chi connectivity index (χ1) is 11.9. The third kappa shape index (κ3) is 4.05. The maximum Gasteiger partial charge on any atom is 0.460 e.